The Labute approximate surface area is 141 Å². The molecule has 5 nitrogen and oxygen atoms in total. The van der Waals surface area contributed by atoms with E-state index in [0.717, 1.165) is 23.0 Å². The molecule has 0 radical (unpaired) electrons. The van der Waals surface area contributed by atoms with Crippen molar-refractivity contribution in [1.82, 2.24) is 0 Å². The van der Waals surface area contributed by atoms with E-state index < -0.39 is 5.97 Å². The van der Waals surface area contributed by atoms with Crippen LogP contribution in [0, 0.1) is 13.8 Å². The maximum atomic E-state index is 11.8. The van der Waals surface area contributed by atoms with Crippen molar-refractivity contribution >= 4 is 12.3 Å². The van der Waals surface area contributed by atoms with E-state index >= 15 is 0 Å². The fraction of sp³-hybridized carbons (Fsp3) is 0.263. The Bertz CT molecular complexity index is 741. The van der Waals surface area contributed by atoms with Gasteiger partial charge in [0.15, 0.2) is 13.1 Å². The Balaban J connectivity index is 2.58. The molecule has 0 N–H and O–H groups in total. The van der Waals surface area contributed by atoms with Gasteiger partial charge in [-0.3, -0.25) is 4.79 Å². The molecule has 5 heteroatoms. The van der Waals surface area contributed by atoms with Gasteiger partial charge in [0.05, 0.1) is 12.7 Å². The summed E-state index contributed by atoms with van der Waals surface area (Å²) in [4.78, 5) is 23.2. The van der Waals surface area contributed by atoms with Crippen molar-refractivity contribution in [3.63, 3.8) is 0 Å². The monoisotopic (exact) mass is 328 g/mol. The zero-order valence-electron chi connectivity index (χ0n) is 14.2. The van der Waals surface area contributed by atoms with Crippen LogP contribution in [0.25, 0.3) is 11.1 Å². The Kier molecular flexibility index (Phi) is 5.71. The molecule has 0 spiro atoms. The second-order valence-corrected chi connectivity index (χ2v) is 5.39. The first-order valence-corrected chi connectivity index (χ1v) is 7.42. The van der Waals surface area contributed by atoms with E-state index in [1.807, 2.05) is 26.0 Å². The van der Waals surface area contributed by atoms with Crippen LogP contribution in [-0.4, -0.2) is 33.3 Å². The number of aldehydes is 1. The van der Waals surface area contributed by atoms with E-state index in [1.54, 1.807) is 25.3 Å². The van der Waals surface area contributed by atoms with Crippen LogP contribution in [0.1, 0.15) is 31.8 Å². The summed E-state index contributed by atoms with van der Waals surface area (Å²) in [6, 6.07) is 8.64. The van der Waals surface area contributed by atoms with Crippen LogP contribution >= 0.6 is 0 Å². The molecule has 0 aliphatic carbocycles. The number of carbonyl (C=O) groups is 2. The van der Waals surface area contributed by atoms with Crippen LogP contribution in [0.3, 0.4) is 0 Å². The zero-order valence-corrected chi connectivity index (χ0v) is 14.2. The molecule has 0 saturated carbocycles. The van der Waals surface area contributed by atoms with Gasteiger partial charge in [0.2, 0.25) is 0 Å². The molecule has 0 amide bonds. The third kappa shape index (κ3) is 3.63. The third-order valence-corrected chi connectivity index (χ3v) is 3.72. The standard InChI is InChI=1S/C19H20O5/c1-12-7-16(24-11-22-3)8-13(2)18(12)17-9-14(19(21)23-4)5-6-15(17)10-20/h5-10H,11H2,1-4H3. The molecule has 0 atom stereocenters. The lowest BCUT2D eigenvalue weighted by atomic mass is 9.91. The third-order valence-electron chi connectivity index (χ3n) is 3.72. The predicted octanol–water partition coefficient (Wildman–Crippen LogP) is 3.55. The fourth-order valence-electron chi connectivity index (χ4n) is 2.68. The van der Waals surface area contributed by atoms with Gasteiger partial charge in [-0.1, -0.05) is 6.07 Å². The molecule has 0 aliphatic rings. The molecule has 0 saturated heterocycles. The molecule has 2 rings (SSSR count). The van der Waals surface area contributed by atoms with Crippen molar-refractivity contribution < 1.29 is 23.8 Å². The molecule has 0 bridgehead atoms. The van der Waals surface area contributed by atoms with E-state index in [4.69, 9.17) is 14.2 Å². The Morgan fingerprint density at radius 2 is 1.75 bits per heavy atom. The van der Waals surface area contributed by atoms with Crippen molar-refractivity contribution in [3.05, 3.63) is 52.6 Å². The number of esters is 1. The van der Waals surface area contributed by atoms with Gasteiger partial charge in [-0.2, -0.15) is 0 Å². The van der Waals surface area contributed by atoms with Crippen molar-refractivity contribution in [1.29, 1.82) is 0 Å². The smallest absolute Gasteiger partial charge is 0.337 e. The van der Waals surface area contributed by atoms with E-state index in [9.17, 15) is 9.59 Å². The molecule has 0 fully saturated rings. The number of benzene rings is 2. The van der Waals surface area contributed by atoms with E-state index in [1.165, 1.54) is 7.11 Å². The number of carbonyl (C=O) groups excluding carboxylic acids is 2. The second kappa shape index (κ2) is 7.75. The minimum atomic E-state index is -0.441. The summed E-state index contributed by atoms with van der Waals surface area (Å²) < 4.78 is 15.2. The lowest BCUT2D eigenvalue weighted by Crippen LogP contribution is -2.04. The Morgan fingerprint density at radius 1 is 1.08 bits per heavy atom. The quantitative estimate of drug-likeness (QED) is 0.461. The van der Waals surface area contributed by atoms with E-state index in [2.05, 4.69) is 0 Å². The molecule has 0 heterocycles. The molecule has 0 unspecified atom stereocenters. The number of hydrogen-bond acceptors (Lipinski definition) is 5. The maximum Gasteiger partial charge on any atom is 0.337 e. The molecule has 0 aromatic heterocycles. The fourth-order valence-corrected chi connectivity index (χ4v) is 2.68. The van der Waals surface area contributed by atoms with Crippen molar-refractivity contribution in [2.24, 2.45) is 0 Å². The number of aryl methyl sites for hydroxylation is 2. The summed E-state index contributed by atoms with van der Waals surface area (Å²) >= 11 is 0. The Hall–Kier alpha value is -2.66. The first-order chi connectivity index (χ1) is 11.5. The van der Waals surface area contributed by atoms with Crippen LogP contribution in [0.4, 0.5) is 0 Å². The summed E-state index contributed by atoms with van der Waals surface area (Å²) in [5, 5.41) is 0. The predicted molar refractivity (Wildman–Crippen MR) is 90.6 cm³/mol. The van der Waals surface area contributed by atoms with Crippen LogP contribution in [0.5, 0.6) is 5.75 Å². The normalized spacial score (nSPS) is 10.3. The summed E-state index contributed by atoms with van der Waals surface area (Å²) in [6.07, 6.45) is 0.782. The van der Waals surface area contributed by atoms with Crippen LogP contribution < -0.4 is 4.74 Å². The highest BCUT2D eigenvalue weighted by Gasteiger charge is 2.15. The van der Waals surface area contributed by atoms with E-state index in [-0.39, 0.29) is 6.79 Å². The molecule has 2 aromatic rings. The lowest BCUT2D eigenvalue weighted by Gasteiger charge is -2.15. The van der Waals surface area contributed by atoms with Gasteiger partial charge in [0, 0.05) is 12.7 Å². The number of rotatable bonds is 6. The van der Waals surface area contributed by atoms with Gasteiger partial charge in [0.1, 0.15) is 5.75 Å². The SMILES string of the molecule is COCOc1cc(C)c(-c2cc(C(=O)OC)ccc2C=O)c(C)c1. The molecule has 24 heavy (non-hydrogen) atoms. The molecular formula is C19H20O5. The van der Waals surface area contributed by atoms with Gasteiger partial charge >= 0.3 is 5.97 Å². The van der Waals surface area contributed by atoms with E-state index in [0.29, 0.717) is 22.4 Å². The molecule has 2 aromatic carbocycles. The topological polar surface area (TPSA) is 61.8 Å². The number of methoxy groups -OCH3 is 2. The minimum absolute atomic E-state index is 0.162. The first kappa shape index (κ1) is 17.7. The highest BCUT2D eigenvalue weighted by molar-refractivity contribution is 5.96. The zero-order chi connectivity index (χ0) is 17.7. The number of hydrogen-bond donors (Lipinski definition) is 0. The lowest BCUT2D eigenvalue weighted by molar-refractivity contribution is 0.0510. The second-order valence-electron chi connectivity index (χ2n) is 5.39. The van der Waals surface area contributed by atoms with Gasteiger partial charge in [-0.05, 0) is 60.4 Å². The average molecular weight is 328 g/mol. The summed E-state index contributed by atoms with van der Waals surface area (Å²) in [5.74, 6) is 0.247. The van der Waals surface area contributed by atoms with Crippen LogP contribution in [0.2, 0.25) is 0 Å². The van der Waals surface area contributed by atoms with Crippen LogP contribution in [0.15, 0.2) is 30.3 Å². The molecule has 0 aliphatic heterocycles. The molecule has 126 valence electrons. The maximum absolute atomic E-state index is 11.8. The summed E-state index contributed by atoms with van der Waals surface area (Å²) in [7, 11) is 2.89. The highest BCUT2D eigenvalue weighted by atomic mass is 16.7. The van der Waals surface area contributed by atoms with Gasteiger partial charge in [0.25, 0.3) is 0 Å². The minimum Gasteiger partial charge on any atom is -0.468 e. The van der Waals surface area contributed by atoms with Crippen molar-refractivity contribution in [3.8, 4) is 16.9 Å². The van der Waals surface area contributed by atoms with Crippen molar-refractivity contribution in [2.75, 3.05) is 21.0 Å². The average Bonchev–Trinajstić information content (AvgIpc) is 2.58. The Morgan fingerprint density at radius 3 is 2.29 bits per heavy atom. The van der Waals surface area contributed by atoms with Crippen molar-refractivity contribution in [2.45, 2.75) is 13.8 Å². The molecular weight excluding hydrogens is 308 g/mol. The largest absolute Gasteiger partial charge is 0.468 e. The first-order valence-electron chi connectivity index (χ1n) is 7.42. The van der Waals surface area contributed by atoms with Gasteiger partial charge in [-0.25, -0.2) is 4.79 Å². The van der Waals surface area contributed by atoms with Gasteiger partial charge < -0.3 is 14.2 Å². The van der Waals surface area contributed by atoms with Gasteiger partial charge in [-0.15, -0.1) is 0 Å². The number of ether oxygens (including phenoxy) is 3. The highest BCUT2D eigenvalue weighted by Crippen LogP contribution is 2.33. The summed E-state index contributed by atoms with van der Waals surface area (Å²) in [5.41, 5.74) is 4.38. The summed E-state index contributed by atoms with van der Waals surface area (Å²) in [6.45, 7) is 4.03. The van der Waals surface area contributed by atoms with Crippen LogP contribution in [-0.2, 0) is 9.47 Å².